The van der Waals surface area contributed by atoms with Crippen LogP contribution in [0.3, 0.4) is 0 Å². The van der Waals surface area contributed by atoms with Crippen molar-refractivity contribution in [1.29, 1.82) is 0 Å². The summed E-state index contributed by atoms with van der Waals surface area (Å²) >= 11 is 1.67. The molecule has 0 aliphatic heterocycles. The molecule has 0 fully saturated rings. The van der Waals surface area contributed by atoms with E-state index in [0.29, 0.717) is 6.42 Å². The van der Waals surface area contributed by atoms with Crippen LogP contribution in [-0.2, 0) is 0 Å². The maximum absolute atomic E-state index is 5.33. The highest BCUT2D eigenvalue weighted by atomic mass is 32.1. The second kappa shape index (κ2) is 5.79. The molecule has 1 heterocycles. The van der Waals surface area contributed by atoms with Gasteiger partial charge in [-0.3, -0.25) is 0 Å². The van der Waals surface area contributed by atoms with Crippen molar-refractivity contribution < 1.29 is 0 Å². The van der Waals surface area contributed by atoms with Gasteiger partial charge >= 0.3 is 0 Å². The van der Waals surface area contributed by atoms with Gasteiger partial charge in [-0.05, 0) is 19.9 Å². The molecule has 1 N–H and O–H groups in total. The Balaban J connectivity index is 2.63. The molecular weight excluding hydrogens is 192 g/mol. The van der Waals surface area contributed by atoms with Gasteiger partial charge < -0.3 is 5.32 Å². The van der Waals surface area contributed by atoms with Crippen molar-refractivity contribution >= 4 is 11.3 Å². The third-order valence-corrected chi connectivity index (χ3v) is 2.75. The number of terminal acetylenes is 1. The fraction of sp³-hybridized carbons (Fsp3) is 0.545. The molecular formula is C11H16N2S. The SMILES string of the molecule is C#CCC(NCCC)c1csc(C)n1. The van der Waals surface area contributed by atoms with E-state index in [1.807, 2.05) is 6.92 Å². The summed E-state index contributed by atoms with van der Waals surface area (Å²) in [5.41, 5.74) is 1.08. The predicted molar refractivity (Wildman–Crippen MR) is 61.3 cm³/mol. The van der Waals surface area contributed by atoms with E-state index in [4.69, 9.17) is 6.42 Å². The first kappa shape index (κ1) is 11.2. The minimum Gasteiger partial charge on any atom is -0.308 e. The summed E-state index contributed by atoms with van der Waals surface area (Å²) in [5, 5.41) is 6.58. The summed E-state index contributed by atoms with van der Waals surface area (Å²) in [6, 6.07) is 0.227. The topological polar surface area (TPSA) is 24.9 Å². The van der Waals surface area contributed by atoms with E-state index in [1.54, 1.807) is 11.3 Å². The first-order valence-corrected chi connectivity index (χ1v) is 5.74. The molecule has 1 rings (SSSR count). The first-order valence-electron chi connectivity index (χ1n) is 4.86. The molecule has 1 aromatic heterocycles. The lowest BCUT2D eigenvalue weighted by atomic mass is 10.1. The maximum Gasteiger partial charge on any atom is 0.0898 e. The van der Waals surface area contributed by atoms with Crippen LogP contribution < -0.4 is 5.32 Å². The fourth-order valence-electron chi connectivity index (χ4n) is 1.26. The molecule has 1 unspecified atom stereocenters. The van der Waals surface area contributed by atoms with Crippen molar-refractivity contribution in [2.75, 3.05) is 6.54 Å². The van der Waals surface area contributed by atoms with Crippen LogP contribution in [0.1, 0.15) is 36.5 Å². The molecule has 0 aliphatic carbocycles. The van der Waals surface area contributed by atoms with Crippen molar-refractivity contribution in [2.24, 2.45) is 0 Å². The monoisotopic (exact) mass is 208 g/mol. The number of thiazole rings is 1. The van der Waals surface area contributed by atoms with Crippen LogP contribution in [0.2, 0.25) is 0 Å². The van der Waals surface area contributed by atoms with Gasteiger partial charge in [0, 0.05) is 11.8 Å². The summed E-state index contributed by atoms with van der Waals surface area (Å²) in [5.74, 6) is 2.69. The highest BCUT2D eigenvalue weighted by Gasteiger charge is 2.11. The van der Waals surface area contributed by atoms with Crippen molar-refractivity contribution in [3.63, 3.8) is 0 Å². The Hall–Kier alpha value is -0.850. The number of nitrogens with one attached hydrogen (secondary N) is 1. The molecule has 2 nitrogen and oxygen atoms in total. The molecule has 0 radical (unpaired) electrons. The van der Waals surface area contributed by atoms with Crippen LogP contribution in [0, 0.1) is 19.3 Å². The second-order valence-electron chi connectivity index (χ2n) is 3.21. The standard InChI is InChI=1S/C11H16N2S/c1-4-6-10(12-7-5-2)11-8-14-9(3)13-11/h1,8,10,12H,5-7H2,2-3H3. The Bertz CT molecular complexity index is 311. The minimum absolute atomic E-state index is 0.227. The number of hydrogen-bond donors (Lipinski definition) is 1. The fourth-order valence-corrected chi connectivity index (χ4v) is 1.92. The molecule has 0 amide bonds. The van der Waals surface area contributed by atoms with E-state index in [-0.39, 0.29) is 6.04 Å². The van der Waals surface area contributed by atoms with Crippen molar-refractivity contribution in [3.05, 3.63) is 16.1 Å². The van der Waals surface area contributed by atoms with Gasteiger partial charge in [0.25, 0.3) is 0 Å². The average molecular weight is 208 g/mol. The zero-order valence-corrected chi connectivity index (χ0v) is 9.53. The third kappa shape index (κ3) is 3.13. The lowest BCUT2D eigenvalue weighted by Gasteiger charge is -2.12. The van der Waals surface area contributed by atoms with E-state index in [9.17, 15) is 0 Å². The average Bonchev–Trinajstić information content (AvgIpc) is 2.59. The highest BCUT2D eigenvalue weighted by Crippen LogP contribution is 2.18. The van der Waals surface area contributed by atoms with Gasteiger partial charge in [-0.25, -0.2) is 4.98 Å². The van der Waals surface area contributed by atoms with Crippen LogP contribution in [-0.4, -0.2) is 11.5 Å². The van der Waals surface area contributed by atoms with E-state index in [2.05, 4.69) is 28.5 Å². The number of rotatable bonds is 5. The van der Waals surface area contributed by atoms with Gasteiger partial charge in [0.05, 0.1) is 16.7 Å². The number of hydrogen-bond acceptors (Lipinski definition) is 3. The Labute approximate surface area is 89.8 Å². The molecule has 1 atom stereocenters. The largest absolute Gasteiger partial charge is 0.308 e. The van der Waals surface area contributed by atoms with Gasteiger partial charge in [0.2, 0.25) is 0 Å². The molecule has 3 heteroatoms. The van der Waals surface area contributed by atoms with Crippen molar-refractivity contribution in [1.82, 2.24) is 10.3 Å². The zero-order chi connectivity index (χ0) is 10.4. The van der Waals surface area contributed by atoms with E-state index >= 15 is 0 Å². The van der Waals surface area contributed by atoms with Crippen LogP contribution in [0.15, 0.2) is 5.38 Å². The van der Waals surface area contributed by atoms with Gasteiger partial charge in [0.1, 0.15) is 0 Å². The molecule has 0 spiro atoms. The predicted octanol–water partition coefficient (Wildman–Crippen LogP) is 2.52. The third-order valence-electron chi connectivity index (χ3n) is 1.96. The van der Waals surface area contributed by atoms with Crippen molar-refractivity contribution in [2.45, 2.75) is 32.7 Å². The number of aromatic nitrogens is 1. The normalized spacial score (nSPS) is 12.4. The molecule has 0 saturated carbocycles. The van der Waals surface area contributed by atoms with Crippen LogP contribution in [0.4, 0.5) is 0 Å². The van der Waals surface area contributed by atoms with Crippen LogP contribution in [0.5, 0.6) is 0 Å². The molecule has 1 aromatic rings. The molecule has 76 valence electrons. The van der Waals surface area contributed by atoms with Crippen LogP contribution in [0.25, 0.3) is 0 Å². The molecule has 0 saturated heterocycles. The summed E-state index contributed by atoms with van der Waals surface area (Å²) in [7, 11) is 0. The molecule has 0 bridgehead atoms. The summed E-state index contributed by atoms with van der Waals surface area (Å²) in [6.07, 6.45) is 7.16. The number of nitrogens with zero attached hydrogens (tertiary/aromatic N) is 1. The number of aryl methyl sites for hydroxylation is 1. The Kier molecular flexibility index (Phi) is 4.64. The smallest absolute Gasteiger partial charge is 0.0898 e. The first-order chi connectivity index (χ1) is 6.77. The highest BCUT2D eigenvalue weighted by molar-refractivity contribution is 7.09. The van der Waals surface area contributed by atoms with E-state index < -0.39 is 0 Å². The Morgan fingerprint density at radius 2 is 2.50 bits per heavy atom. The lowest BCUT2D eigenvalue weighted by Crippen LogP contribution is -2.22. The van der Waals surface area contributed by atoms with Crippen molar-refractivity contribution in [3.8, 4) is 12.3 Å². The Morgan fingerprint density at radius 1 is 1.71 bits per heavy atom. The molecule has 0 aliphatic rings. The summed E-state index contributed by atoms with van der Waals surface area (Å²) < 4.78 is 0. The maximum atomic E-state index is 5.33. The zero-order valence-electron chi connectivity index (χ0n) is 8.71. The van der Waals surface area contributed by atoms with Gasteiger partial charge in [-0.2, -0.15) is 0 Å². The summed E-state index contributed by atoms with van der Waals surface area (Å²) in [6.45, 7) is 5.15. The van der Waals surface area contributed by atoms with E-state index in [1.165, 1.54) is 0 Å². The molecule has 0 aromatic carbocycles. The molecule has 14 heavy (non-hydrogen) atoms. The Morgan fingerprint density at radius 3 is 3.00 bits per heavy atom. The quantitative estimate of drug-likeness (QED) is 0.752. The second-order valence-corrected chi connectivity index (χ2v) is 4.27. The van der Waals surface area contributed by atoms with Crippen LogP contribution >= 0.6 is 11.3 Å². The minimum atomic E-state index is 0.227. The van der Waals surface area contributed by atoms with E-state index in [0.717, 1.165) is 23.7 Å². The van der Waals surface area contributed by atoms with Gasteiger partial charge in [-0.1, -0.05) is 6.92 Å². The summed E-state index contributed by atoms with van der Waals surface area (Å²) in [4.78, 5) is 4.44. The van der Waals surface area contributed by atoms with Gasteiger partial charge in [-0.15, -0.1) is 23.7 Å². The van der Waals surface area contributed by atoms with Gasteiger partial charge in [0.15, 0.2) is 0 Å². The lowest BCUT2D eigenvalue weighted by molar-refractivity contribution is 0.532.